The number of ether oxygens (including phenoxy) is 3. The summed E-state index contributed by atoms with van der Waals surface area (Å²) < 4.78 is 18.3. The number of hydrogen-bond acceptors (Lipinski definition) is 7. The Morgan fingerprint density at radius 1 is 1.06 bits per heavy atom. The van der Waals surface area contributed by atoms with E-state index in [1.807, 2.05) is 60.9 Å². The normalized spacial score (nSPS) is 10.6. The number of thioether (sulfide) groups is 1. The van der Waals surface area contributed by atoms with Crippen LogP contribution in [0.4, 0.5) is 0 Å². The summed E-state index contributed by atoms with van der Waals surface area (Å²) in [5.74, 6) is 2.43. The van der Waals surface area contributed by atoms with Crippen molar-refractivity contribution in [1.82, 2.24) is 20.1 Å². The molecule has 0 saturated heterocycles. The van der Waals surface area contributed by atoms with Crippen LogP contribution in [0.25, 0.3) is 5.69 Å². The van der Waals surface area contributed by atoms with Gasteiger partial charge in [-0.15, -0.1) is 10.2 Å². The molecule has 3 aromatic rings. The molecule has 1 amide bonds. The Morgan fingerprint density at radius 2 is 1.81 bits per heavy atom. The SMILES string of the molecule is CCOc1ccc(CCNC(=O)CSc2nncn2-c2ccc(OC)cc2)cc1OCC. The van der Waals surface area contributed by atoms with Crippen LogP contribution in [0.2, 0.25) is 0 Å². The maximum Gasteiger partial charge on any atom is 0.230 e. The topological polar surface area (TPSA) is 87.5 Å². The second-order valence-electron chi connectivity index (χ2n) is 6.72. The molecular weight excluding hydrogens is 428 g/mol. The molecule has 2 aromatic carbocycles. The van der Waals surface area contributed by atoms with E-state index in [1.54, 1.807) is 13.4 Å². The minimum absolute atomic E-state index is 0.0600. The van der Waals surface area contributed by atoms with E-state index in [-0.39, 0.29) is 11.7 Å². The zero-order valence-corrected chi connectivity index (χ0v) is 19.4. The summed E-state index contributed by atoms with van der Waals surface area (Å²) in [6, 6.07) is 13.4. The number of carbonyl (C=O) groups excluding carboxylic acids is 1. The summed E-state index contributed by atoms with van der Waals surface area (Å²) in [7, 11) is 1.63. The van der Waals surface area contributed by atoms with Gasteiger partial charge in [-0.1, -0.05) is 17.8 Å². The minimum atomic E-state index is -0.0600. The Morgan fingerprint density at radius 3 is 2.53 bits per heavy atom. The molecule has 0 saturated carbocycles. The molecule has 0 aliphatic carbocycles. The van der Waals surface area contributed by atoms with Crippen molar-refractivity contribution in [2.24, 2.45) is 0 Å². The lowest BCUT2D eigenvalue weighted by atomic mass is 10.1. The van der Waals surface area contributed by atoms with Crippen LogP contribution < -0.4 is 19.5 Å². The highest BCUT2D eigenvalue weighted by Crippen LogP contribution is 2.28. The van der Waals surface area contributed by atoms with E-state index < -0.39 is 0 Å². The van der Waals surface area contributed by atoms with Crippen LogP contribution in [0.5, 0.6) is 17.2 Å². The number of methoxy groups -OCH3 is 1. The third-order valence-electron chi connectivity index (χ3n) is 4.54. The molecule has 0 aliphatic rings. The van der Waals surface area contributed by atoms with Crippen molar-refractivity contribution in [3.8, 4) is 22.9 Å². The van der Waals surface area contributed by atoms with Crippen LogP contribution in [-0.4, -0.2) is 53.3 Å². The van der Waals surface area contributed by atoms with Gasteiger partial charge < -0.3 is 19.5 Å². The fourth-order valence-electron chi connectivity index (χ4n) is 3.02. The molecular formula is C23H28N4O4S. The Hall–Kier alpha value is -3.20. The van der Waals surface area contributed by atoms with E-state index in [1.165, 1.54) is 11.8 Å². The van der Waals surface area contributed by atoms with Crippen LogP contribution >= 0.6 is 11.8 Å². The summed E-state index contributed by atoms with van der Waals surface area (Å²) >= 11 is 1.34. The zero-order valence-electron chi connectivity index (χ0n) is 18.5. The van der Waals surface area contributed by atoms with E-state index in [0.29, 0.717) is 31.3 Å². The molecule has 1 N–H and O–H groups in total. The first kappa shape index (κ1) is 23.5. The molecule has 0 unspecified atom stereocenters. The molecule has 0 radical (unpaired) electrons. The monoisotopic (exact) mass is 456 g/mol. The first-order valence-electron chi connectivity index (χ1n) is 10.5. The predicted octanol–water partition coefficient (Wildman–Crippen LogP) is 3.52. The van der Waals surface area contributed by atoms with Gasteiger partial charge >= 0.3 is 0 Å². The van der Waals surface area contributed by atoms with Gasteiger partial charge in [0.15, 0.2) is 16.7 Å². The molecule has 32 heavy (non-hydrogen) atoms. The Kier molecular flexibility index (Phi) is 8.79. The number of rotatable bonds is 12. The van der Waals surface area contributed by atoms with E-state index in [0.717, 1.165) is 28.5 Å². The van der Waals surface area contributed by atoms with E-state index >= 15 is 0 Å². The van der Waals surface area contributed by atoms with Gasteiger partial charge in [0.2, 0.25) is 5.91 Å². The maximum absolute atomic E-state index is 12.3. The minimum Gasteiger partial charge on any atom is -0.497 e. The summed E-state index contributed by atoms with van der Waals surface area (Å²) in [5.41, 5.74) is 1.98. The molecule has 0 atom stereocenters. The van der Waals surface area contributed by atoms with Crippen molar-refractivity contribution in [2.45, 2.75) is 25.4 Å². The first-order valence-corrected chi connectivity index (χ1v) is 11.5. The highest BCUT2D eigenvalue weighted by atomic mass is 32.2. The van der Waals surface area contributed by atoms with Crippen molar-refractivity contribution >= 4 is 17.7 Å². The number of benzene rings is 2. The number of nitrogens with one attached hydrogen (secondary N) is 1. The molecule has 0 aliphatic heterocycles. The fourth-order valence-corrected chi connectivity index (χ4v) is 3.78. The van der Waals surface area contributed by atoms with Gasteiger partial charge in [-0.05, 0) is 62.2 Å². The van der Waals surface area contributed by atoms with Gasteiger partial charge in [-0.3, -0.25) is 9.36 Å². The number of carbonyl (C=O) groups is 1. The molecule has 1 aromatic heterocycles. The lowest BCUT2D eigenvalue weighted by Gasteiger charge is -2.12. The zero-order chi connectivity index (χ0) is 22.8. The smallest absolute Gasteiger partial charge is 0.230 e. The van der Waals surface area contributed by atoms with Gasteiger partial charge in [-0.25, -0.2) is 0 Å². The number of nitrogens with zero attached hydrogens (tertiary/aromatic N) is 3. The Bertz CT molecular complexity index is 1010. The lowest BCUT2D eigenvalue weighted by molar-refractivity contribution is -0.118. The van der Waals surface area contributed by atoms with Crippen LogP contribution in [-0.2, 0) is 11.2 Å². The second-order valence-corrected chi connectivity index (χ2v) is 7.66. The number of aromatic nitrogens is 3. The highest BCUT2D eigenvalue weighted by Gasteiger charge is 2.11. The number of hydrogen-bond donors (Lipinski definition) is 1. The molecule has 9 heteroatoms. The standard InChI is InChI=1S/C23H28N4O4S/c1-4-30-20-11-6-17(14-21(20)31-5-2)12-13-24-22(28)15-32-23-26-25-16-27(23)18-7-9-19(29-3)10-8-18/h6-11,14,16H,4-5,12-13,15H2,1-3H3,(H,24,28). The van der Waals surface area contributed by atoms with Crippen LogP contribution in [0.3, 0.4) is 0 Å². The molecule has 0 spiro atoms. The molecule has 8 nitrogen and oxygen atoms in total. The third kappa shape index (κ3) is 6.40. The summed E-state index contributed by atoms with van der Waals surface area (Å²) in [4.78, 5) is 12.3. The lowest BCUT2D eigenvalue weighted by Crippen LogP contribution is -2.27. The Balaban J connectivity index is 1.49. The van der Waals surface area contributed by atoms with Crippen molar-refractivity contribution in [2.75, 3.05) is 32.6 Å². The molecule has 0 fully saturated rings. The van der Waals surface area contributed by atoms with Gasteiger partial charge in [-0.2, -0.15) is 0 Å². The van der Waals surface area contributed by atoms with Crippen molar-refractivity contribution in [3.05, 3.63) is 54.4 Å². The summed E-state index contributed by atoms with van der Waals surface area (Å²) in [6.45, 7) is 5.56. The van der Waals surface area contributed by atoms with Crippen molar-refractivity contribution in [1.29, 1.82) is 0 Å². The van der Waals surface area contributed by atoms with Gasteiger partial charge in [0.1, 0.15) is 12.1 Å². The fraction of sp³-hybridized carbons (Fsp3) is 0.348. The van der Waals surface area contributed by atoms with Crippen LogP contribution in [0.15, 0.2) is 53.9 Å². The van der Waals surface area contributed by atoms with Crippen molar-refractivity contribution in [3.63, 3.8) is 0 Å². The molecule has 170 valence electrons. The molecule has 1 heterocycles. The van der Waals surface area contributed by atoms with Gasteiger partial charge in [0, 0.05) is 12.2 Å². The van der Waals surface area contributed by atoms with Crippen LogP contribution in [0, 0.1) is 0 Å². The Labute approximate surface area is 192 Å². The first-order chi connectivity index (χ1) is 15.6. The average molecular weight is 457 g/mol. The highest BCUT2D eigenvalue weighted by molar-refractivity contribution is 7.99. The second kappa shape index (κ2) is 12.0. The maximum atomic E-state index is 12.3. The third-order valence-corrected chi connectivity index (χ3v) is 5.49. The van der Waals surface area contributed by atoms with E-state index in [4.69, 9.17) is 14.2 Å². The van der Waals surface area contributed by atoms with Gasteiger partial charge in [0.25, 0.3) is 0 Å². The van der Waals surface area contributed by atoms with Crippen LogP contribution in [0.1, 0.15) is 19.4 Å². The summed E-state index contributed by atoms with van der Waals surface area (Å²) in [6.07, 6.45) is 2.33. The quantitative estimate of drug-likeness (QED) is 0.417. The largest absolute Gasteiger partial charge is 0.497 e. The predicted molar refractivity (Wildman–Crippen MR) is 124 cm³/mol. The molecule has 3 rings (SSSR count). The van der Waals surface area contributed by atoms with Gasteiger partial charge in [0.05, 0.1) is 26.1 Å². The molecule has 0 bridgehead atoms. The number of amides is 1. The van der Waals surface area contributed by atoms with E-state index in [2.05, 4.69) is 15.5 Å². The van der Waals surface area contributed by atoms with E-state index in [9.17, 15) is 4.79 Å². The van der Waals surface area contributed by atoms with Crippen molar-refractivity contribution < 1.29 is 19.0 Å². The summed E-state index contributed by atoms with van der Waals surface area (Å²) in [5, 5.41) is 11.7. The average Bonchev–Trinajstić information content (AvgIpc) is 3.28.